The summed E-state index contributed by atoms with van der Waals surface area (Å²) in [5, 5.41) is 2.83. The van der Waals surface area contributed by atoms with Gasteiger partial charge in [0, 0.05) is 41.7 Å². The molecule has 1 aliphatic carbocycles. The van der Waals surface area contributed by atoms with Crippen LogP contribution in [0.4, 0.5) is 4.79 Å². The third kappa shape index (κ3) is 4.92. The molecule has 7 nitrogen and oxygen atoms in total. The van der Waals surface area contributed by atoms with Gasteiger partial charge in [0.25, 0.3) is 5.91 Å². The molecule has 3 rings (SSSR count). The van der Waals surface area contributed by atoms with Crippen molar-refractivity contribution in [2.24, 2.45) is 0 Å². The molecule has 1 aromatic heterocycles. The molecule has 0 spiro atoms. The predicted molar refractivity (Wildman–Crippen MR) is 120 cm³/mol. The van der Waals surface area contributed by atoms with Crippen LogP contribution in [0.25, 0.3) is 0 Å². The fourth-order valence-electron chi connectivity index (χ4n) is 3.50. The number of hydrogen-bond acceptors (Lipinski definition) is 3. The molecule has 29 heavy (non-hydrogen) atoms. The third-order valence-electron chi connectivity index (χ3n) is 4.92. The Morgan fingerprint density at radius 1 is 1.24 bits per heavy atom. The van der Waals surface area contributed by atoms with E-state index in [0.717, 1.165) is 11.1 Å². The minimum Gasteiger partial charge on any atom is -0.344 e. The van der Waals surface area contributed by atoms with Gasteiger partial charge in [0.05, 0.1) is 15.1 Å². The average Bonchev–Trinajstić information content (AvgIpc) is 3.21. The first-order valence-electron chi connectivity index (χ1n) is 8.87. The lowest BCUT2D eigenvalue weighted by atomic mass is 9.97. The summed E-state index contributed by atoms with van der Waals surface area (Å²) in [5.41, 5.74) is 2.09. The molecule has 3 amide bonds. The van der Waals surface area contributed by atoms with Crippen LogP contribution in [0.2, 0.25) is 0 Å². The molecule has 1 fully saturated rings. The predicted octanol–water partition coefficient (Wildman–Crippen LogP) is 4.24. The van der Waals surface area contributed by atoms with E-state index in [1.807, 2.05) is 30.3 Å². The van der Waals surface area contributed by atoms with Crippen LogP contribution in [0.3, 0.4) is 0 Å². The number of urea groups is 1. The van der Waals surface area contributed by atoms with E-state index in [1.165, 1.54) is 0 Å². The molecule has 1 heterocycles. The molecule has 10 heteroatoms. The van der Waals surface area contributed by atoms with Crippen LogP contribution in [-0.2, 0) is 11.3 Å². The Morgan fingerprint density at radius 2 is 1.93 bits per heavy atom. The minimum absolute atomic E-state index is 0.0501. The number of carbonyl (C=O) groups is 3. The molecule has 1 aliphatic rings. The normalized spacial score (nSPS) is 18.6. The largest absolute Gasteiger partial charge is 0.344 e. The van der Waals surface area contributed by atoms with Crippen LogP contribution in [0, 0.1) is 0 Å². The number of H-pyrrole nitrogens is 1. The Bertz CT molecular complexity index is 932. The second-order valence-corrected chi connectivity index (χ2v) is 8.89. The summed E-state index contributed by atoms with van der Waals surface area (Å²) in [6.07, 6.45) is 0.675. The third-order valence-corrected chi connectivity index (χ3v) is 7.23. The lowest BCUT2D eigenvalue weighted by Gasteiger charge is -2.21. The van der Waals surface area contributed by atoms with Crippen molar-refractivity contribution in [2.45, 2.75) is 31.3 Å². The van der Waals surface area contributed by atoms with Crippen molar-refractivity contribution in [3.8, 4) is 0 Å². The highest BCUT2D eigenvalue weighted by Crippen LogP contribution is 2.41. The van der Waals surface area contributed by atoms with Gasteiger partial charge in [0.15, 0.2) is 5.78 Å². The van der Waals surface area contributed by atoms with Gasteiger partial charge in [-0.2, -0.15) is 0 Å². The number of nitrogens with one attached hydrogen (secondary N) is 3. The quantitative estimate of drug-likeness (QED) is 0.455. The van der Waals surface area contributed by atoms with E-state index < -0.39 is 6.04 Å². The molecular weight excluding hydrogens is 572 g/mol. The van der Waals surface area contributed by atoms with Crippen LogP contribution < -0.4 is 9.66 Å². The highest BCUT2D eigenvalue weighted by Gasteiger charge is 2.38. The standard InChI is InChI=1S/C19H19Br3N4O3/c1-26(9-10-5-3-2-4-6-10)19(29)23-12-7-11(8-13(12)27)14-15(20)17(21)24-16(14)18(28)25-22/h2-6,11-12,24H,7-9H2,1H3,(H,23,29)(H,25,28)/t11-,12?/m0/s1. The molecule has 1 saturated carbocycles. The van der Waals surface area contributed by atoms with E-state index >= 15 is 0 Å². The highest BCUT2D eigenvalue weighted by atomic mass is 79.9. The zero-order valence-electron chi connectivity index (χ0n) is 15.5. The fourth-order valence-corrected chi connectivity index (χ4v) is 4.73. The number of carbonyl (C=O) groups excluding carboxylic acids is 3. The van der Waals surface area contributed by atoms with Crippen molar-refractivity contribution in [3.63, 3.8) is 0 Å². The van der Waals surface area contributed by atoms with Crippen molar-refractivity contribution in [1.82, 2.24) is 19.5 Å². The van der Waals surface area contributed by atoms with Crippen LogP contribution >= 0.6 is 48.0 Å². The molecule has 2 aromatic rings. The first kappa shape index (κ1) is 22.0. The van der Waals surface area contributed by atoms with Crippen molar-refractivity contribution in [1.29, 1.82) is 0 Å². The lowest BCUT2D eigenvalue weighted by Crippen LogP contribution is -2.44. The van der Waals surface area contributed by atoms with E-state index in [2.05, 4.69) is 62.7 Å². The Hall–Kier alpha value is -1.65. The van der Waals surface area contributed by atoms with E-state index in [0.29, 0.717) is 27.7 Å². The Morgan fingerprint density at radius 3 is 2.59 bits per heavy atom. The first-order valence-corrected chi connectivity index (χ1v) is 11.3. The van der Waals surface area contributed by atoms with Crippen LogP contribution in [0.5, 0.6) is 0 Å². The number of rotatable bonds is 5. The topological polar surface area (TPSA) is 94.3 Å². The number of halogens is 3. The Balaban J connectivity index is 1.69. The number of nitrogens with zero attached hydrogens (tertiary/aromatic N) is 1. The van der Waals surface area contributed by atoms with Gasteiger partial charge in [0.1, 0.15) is 5.69 Å². The van der Waals surface area contributed by atoms with Gasteiger partial charge in [-0.05, 0) is 49.8 Å². The number of ketones is 1. The van der Waals surface area contributed by atoms with Gasteiger partial charge in [-0.3, -0.25) is 13.9 Å². The maximum atomic E-state index is 12.6. The smallest absolute Gasteiger partial charge is 0.318 e. The number of hydrogen-bond donors (Lipinski definition) is 3. The molecule has 0 radical (unpaired) electrons. The zero-order chi connectivity index (χ0) is 21.1. The number of amides is 3. The average molecular weight is 591 g/mol. The molecule has 2 atom stereocenters. The summed E-state index contributed by atoms with van der Waals surface area (Å²) in [7, 11) is 1.69. The maximum absolute atomic E-state index is 12.6. The number of Topliss-reactive ketones (excluding diaryl/α,β-unsaturated/α-hetero) is 1. The number of benzene rings is 1. The molecule has 1 aromatic carbocycles. The van der Waals surface area contributed by atoms with Gasteiger partial charge in [-0.1, -0.05) is 30.3 Å². The molecule has 154 valence electrons. The van der Waals surface area contributed by atoms with Gasteiger partial charge >= 0.3 is 6.03 Å². The van der Waals surface area contributed by atoms with Crippen molar-refractivity contribution in [2.75, 3.05) is 7.05 Å². The summed E-state index contributed by atoms with van der Waals surface area (Å²) >= 11 is 9.80. The second kappa shape index (κ2) is 9.44. The monoisotopic (exact) mass is 588 g/mol. The second-order valence-electron chi connectivity index (χ2n) is 6.91. The van der Waals surface area contributed by atoms with Crippen LogP contribution in [0.1, 0.15) is 40.4 Å². The zero-order valence-corrected chi connectivity index (χ0v) is 20.2. The lowest BCUT2D eigenvalue weighted by molar-refractivity contribution is -0.119. The van der Waals surface area contributed by atoms with Gasteiger partial charge < -0.3 is 15.2 Å². The van der Waals surface area contributed by atoms with E-state index in [9.17, 15) is 14.4 Å². The highest BCUT2D eigenvalue weighted by molar-refractivity contribution is 9.13. The minimum atomic E-state index is -0.591. The summed E-state index contributed by atoms with van der Waals surface area (Å²) in [4.78, 5) is 41.8. The SMILES string of the molecule is CN(Cc1ccccc1)C(=O)NC1C[C@H](c2c(C(=O)NBr)[nH]c(Br)c2Br)CC1=O. The number of aromatic nitrogens is 1. The Labute approximate surface area is 193 Å². The molecule has 0 saturated heterocycles. The number of aromatic amines is 1. The van der Waals surface area contributed by atoms with E-state index in [1.54, 1.807) is 11.9 Å². The van der Waals surface area contributed by atoms with E-state index in [-0.39, 0.29) is 30.1 Å². The summed E-state index contributed by atoms with van der Waals surface area (Å²) in [6, 6.07) is 8.74. The van der Waals surface area contributed by atoms with Gasteiger partial charge in [-0.15, -0.1) is 0 Å². The fraction of sp³-hybridized carbons (Fsp3) is 0.316. The molecule has 0 bridgehead atoms. The van der Waals surface area contributed by atoms with Crippen LogP contribution in [0.15, 0.2) is 39.4 Å². The molecule has 0 aliphatic heterocycles. The van der Waals surface area contributed by atoms with Crippen LogP contribution in [-0.4, -0.2) is 40.7 Å². The van der Waals surface area contributed by atoms with E-state index in [4.69, 9.17) is 0 Å². The summed E-state index contributed by atoms with van der Waals surface area (Å²) in [6.45, 7) is 0.447. The first-order chi connectivity index (χ1) is 13.8. The molecular formula is C19H19Br3N4O3. The summed E-state index contributed by atoms with van der Waals surface area (Å²) in [5.74, 6) is -0.580. The Kier molecular flexibility index (Phi) is 7.18. The van der Waals surface area contributed by atoms with Crippen molar-refractivity contribution < 1.29 is 14.4 Å². The summed E-state index contributed by atoms with van der Waals surface area (Å²) < 4.78 is 3.75. The van der Waals surface area contributed by atoms with Crippen molar-refractivity contribution >= 4 is 65.7 Å². The maximum Gasteiger partial charge on any atom is 0.318 e. The van der Waals surface area contributed by atoms with Gasteiger partial charge in [-0.25, -0.2) is 4.79 Å². The molecule has 3 N–H and O–H groups in total. The van der Waals surface area contributed by atoms with Crippen molar-refractivity contribution in [3.05, 3.63) is 56.2 Å². The van der Waals surface area contributed by atoms with Gasteiger partial charge in [0.2, 0.25) is 0 Å². The molecule has 1 unspecified atom stereocenters.